The summed E-state index contributed by atoms with van der Waals surface area (Å²) in [6, 6.07) is 5.44. The van der Waals surface area contributed by atoms with Gasteiger partial charge in [0.2, 0.25) is 0 Å². The number of nitrogens with one attached hydrogen (secondary N) is 1. The molecule has 136 valence electrons. The molecular formula is C17H22N8O. The van der Waals surface area contributed by atoms with Gasteiger partial charge in [0.15, 0.2) is 5.65 Å². The summed E-state index contributed by atoms with van der Waals surface area (Å²) >= 11 is 0. The first-order valence-corrected chi connectivity index (χ1v) is 8.82. The molecule has 3 aromatic rings. The van der Waals surface area contributed by atoms with Gasteiger partial charge in [-0.05, 0) is 34.5 Å². The second-order valence-electron chi connectivity index (χ2n) is 7.06. The van der Waals surface area contributed by atoms with Crippen LogP contribution in [0.25, 0.3) is 5.65 Å². The van der Waals surface area contributed by atoms with Gasteiger partial charge in [-0.2, -0.15) is 5.10 Å². The van der Waals surface area contributed by atoms with Crippen molar-refractivity contribution in [3.8, 4) is 0 Å². The molecule has 0 bridgehead atoms. The summed E-state index contributed by atoms with van der Waals surface area (Å²) in [5.74, 6) is 0.490. The topological polar surface area (TPSA) is 93.2 Å². The highest BCUT2D eigenvalue weighted by atomic mass is 16.1. The first-order valence-electron chi connectivity index (χ1n) is 8.82. The van der Waals surface area contributed by atoms with Gasteiger partial charge in [0.05, 0.1) is 24.5 Å². The van der Waals surface area contributed by atoms with Crippen LogP contribution < -0.4 is 5.32 Å². The minimum Gasteiger partial charge on any atom is -0.346 e. The van der Waals surface area contributed by atoms with E-state index in [4.69, 9.17) is 0 Å². The van der Waals surface area contributed by atoms with E-state index in [2.05, 4.69) is 50.8 Å². The van der Waals surface area contributed by atoms with Crippen LogP contribution in [0.15, 0.2) is 24.4 Å². The largest absolute Gasteiger partial charge is 0.346 e. The fourth-order valence-corrected chi connectivity index (χ4v) is 3.29. The number of carbonyl (C=O) groups is 1. The number of amides is 1. The Balaban J connectivity index is 1.39. The van der Waals surface area contributed by atoms with Crippen LogP contribution in [0.5, 0.6) is 0 Å². The van der Waals surface area contributed by atoms with Gasteiger partial charge in [0.25, 0.3) is 5.91 Å². The van der Waals surface area contributed by atoms with Gasteiger partial charge in [-0.25, -0.2) is 4.52 Å². The lowest BCUT2D eigenvalue weighted by Crippen LogP contribution is -2.36. The SMILES string of the molecule is CC(C)CN1CCn2nc(CNC(=O)c3ccn4nnnc4c3)cc2C1. The number of nitrogens with zero attached hydrogens (tertiary/aromatic N) is 7. The van der Waals surface area contributed by atoms with Crippen molar-refractivity contribution in [3.63, 3.8) is 0 Å². The molecule has 1 aliphatic rings. The fraction of sp³-hybridized carbons (Fsp3) is 0.471. The zero-order valence-corrected chi connectivity index (χ0v) is 15.0. The highest BCUT2D eigenvalue weighted by molar-refractivity contribution is 5.94. The highest BCUT2D eigenvalue weighted by Gasteiger charge is 2.19. The van der Waals surface area contributed by atoms with E-state index in [1.54, 1.807) is 18.3 Å². The Morgan fingerprint density at radius 1 is 1.31 bits per heavy atom. The predicted octanol–water partition coefficient (Wildman–Crippen LogP) is 0.722. The molecule has 1 aliphatic heterocycles. The van der Waals surface area contributed by atoms with Gasteiger partial charge >= 0.3 is 0 Å². The minimum atomic E-state index is -0.164. The summed E-state index contributed by atoms with van der Waals surface area (Å²) in [5, 5.41) is 18.7. The maximum Gasteiger partial charge on any atom is 0.251 e. The normalized spacial score (nSPS) is 14.7. The number of tetrazole rings is 1. The van der Waals surface area contributed by atoms with Crippen molar-refractivity contribution in [3.05, 3.63) is 41.3 Å². The van der Waals surface area contributed by atoms with E-state index in [-0.39, 0.29) is 5.91 Å². The summed E-state index contributed by atoms with van der Waals surface area (Å²) in [7, 11) is 0. The molecule has 0 aromatic carbocycles. The molecule has 0 atom stereocenters. The maximum atomic E-state index is 12.4. The van der Waals surface area contributed by atoms with E-state index >= 15 is 0 Å². The van der Waals surface area contributed by atoms with Gasteiger partial charge in [-0.1, -0.05) is 13.8 Å². The Bertz CT molecular complexity index is 928. The molecule has 1 N–H and O–H groups in total. The predicted molar refractivity (Wildman–Crippen MR) is 94.3 cm³/mol. The third-order valence-corrected chi connectivity index (χ3v) is 4.44. The molecule has 26 heavy (non-hydrogen) atoms. The summed E-state index contributed by atoms with van der Waals surface area (Å²) in [4.78, 5) is 14.8. The quantitative estimate of drug-likeness (QED) is 0.726. The summed E-state index contributed by atoms with van der Waals surface area (Å²) < 4.78 is 3.56. The average molecular weight is 354 g/mol. The van der Waals surface area contributed by atoms with Crippen LogP contribution in [-0.4, -0.2) is 53.7 Å². The number of aromatic nitrogens is 6. The van der Waals surface area contributed by atoms with Gasteiger partial charge in [-0.3, -0.25) is 14.4 Å². The Morgan fingerprint density at radius 3 is 3.04 bits per heavy atom. The van der Waals surface area contributed by atoms with E-state index in [9.17, 15) is 4.79 Å². The second-order valence-corrected chi connectivity index (χ2v) is 7.06. The van der Waals surface area contributed by atoms with Crippen molar-refractivity contribution in [2.45, 2.75) is 33.5 Å². The first kappa shape index (κ1) is 16.6. The molecule has 4 heterocycles. The number of carbonyl (C=O) groups excluding carboxylic acids is 1. The van der Waals surface area contributed by atoms with Crippen molar-refractivity contribution in [2.24, 2.45) is 5.92 Å². The van der Waals surface area contributed by atoms with E-state index in [0.717, 1.165) is 31.9 Å². The number of fused-ring (bicyclic) bond motifs is 2. The molecule has 9 heteroatoms. The molecule has 0 spiro atoms. The van der Waals surface area contributed by atoms with Crippen LogP contribution in [0.2, 0.25) is 0 Å². The van der Waals surface area contributed by atoms with Gasteiger partial charge < -0.3 is 5.32 Å². The lowest BCUT2D eigenvalue weighted by atomic mass is 10.2. The molecule has 3 aromatic heterocycles. The number of hydrogen-bond donors (Lipinski definition) is 1. The number of pyridine rings is 1. The molecule has 4 rings (SSSR count). The van der Waals surface area contributed by atoms with Gasteiger partial charge in [0.1, 0.15) is 0 Å². The van der Waals surface area contributed by atoms with Crippen LogP contribution in [0.3, 0.4) is 0 Å². The monoisotopic (exact) mass is 354 g/mol. The molecular weight excluding hydrogens is 332 g/mol. The van der Waals surface area contributed by atoms with Crippen molar-refractivity contribution < 1.29 is 4.79 Å². The molecule has 9 nitrogen and oxygen atoms in total. The van der Waals surface area contributed by atoms with Crippen LogP contribution in [-0.2, 0) is 19.6 Å². The Hall–Kier alpha value is -2.81. The number of hydrogen-bond acceptors (Lipinski definition) is 6. The average Bonchev–Trinajstić information content (AvgIpc) is 3.24. The van der Waals surface area contributed by atoms with E-state index in [0.29, 0.717) is 23.7 Å². The number of rotatable bonds is 5. The highest BCUT2D eigenvalue weighted by Crippen LogP contribution is 2.15. The van der Waals surface area contributed by atoms with Crippen LogP contribution in [0, 0.1) is 5.92 Å². The fourth-order valence-electron chi connectivity index (χ4n) is 3.29. The molecule has 0 unspecified atom stereocenters. The van der Waals surface area contributed by atoms with Crippen LogP contribution in [0.1, 0.15) is 35.6 Å². The molecule has 0 radical (unpaired) electrons. The lowest BCUT2D eigenvalue weighted by Gasteiger charge is -2.28. The standard InChI is InChI=1S/C17H22N8O/c1-12(2)10-23-5-6-24-15(11-23)8-14(20-24)9-18-17(26)13-3-4-25-16(7-13)19-21-22-25/h3-4,7-8,12H,5-6,9-11H2,1-2H3,(H,18,26). The van der Waals surface area contributed by atoms with Crippen LogP contribution in [0.4, 0.5) is 0 Å². The summed E-state index contributed by atoms with van der Waals surface area (Å²) in [6.07, 6.45) is 1.67. The molecule has 1 amide bonds. The Labute approximate surface area is 151 Å². The molecule has 0 saturated carbocycles. The second kappa shape index (κ2) is 6.83. The Morgan fingerprint density at radius 2 is 2.19 bits per heavy atom. The third-order valence-electron chi connectivity index (χ3n) is 4.44. The zero-order valence-electron chi connectivity index (χ0n) is 15.0. The maximum absolute atomic E-state index is 12.4. The Kier molecular flexibility index (Phi) is 4.37. The van der Waals surface area contributed by atoms with E-state index < -0.39 is 0 Å². The summed E-state index contributed by atoms with van der Waals surface area (Å²) in [6.45, 7) is 8.79. The van der Waals surface area contributed by atoms with Crippen molar-refractivity contribution in [1.82, 2.24) is 40.0 Å². The molecule has 0 saturated heterocycles. The van der Waals surface area contributed by atoms with Gasteiger partial charge in [-0.15, -0.1) is 5.10 Å². The van der Waals surface area contributed by atoms with E-state index in [1.807, 2.05) is 4.68 Å². The van der Waals surface area contributed by atoms with Crippen molar-refractivity contribution in [2.75, 3.05) is 13.1 Å². The summed E-state index contributed by atoms with van der Waals surface area (Å²) in [5.41, 5.74) is 3.15. The molecule has 0 aliphatic carbocycles. The molecule has 0 fully saturated rings. The smallest absolute Gasteiger partial charge is 0.251 e. The van der Waals surface area contributed by atoms with Crippen molar-refractivity contribution >= 4 is 11.6 Å². The zero-order chi connectivity index (χ0) is 18.1. The van der Waals surface area contributed by atoms with E-state index in [1.165, 1.54) is 10.2 Å². The van der Waals surface area contributed by atoms with Crippen molar-refractivity contribution in [1.29, 1.82) is 0 Å². The van der Waals surface area contributed by atoms with Gasteiger partial charge in [0, 0.05) is 31.4 Å². The third kappa shape index (κ3) is 3.43. The van der Waals surface area contributed by atoms with Crippen LogP contribution >= 0.6 is 0 Å². The lowest BCUT2D eigenvalue weighted by molar-refractivity contribution is 0.0950. The first-order chi connectivity index (χ1) is 12.6. The minimum absolute atomic E-state index is 0.164.